The van der Waals surface area contributed by atoms with Crippen LogP contribution in [0, 0.1) is 6.92 Å². The van der Waals surface area contributed by atoms with Gasteiger partial charge in [-0.25, -0.2) is 9.97 Å². The first kappa shape index (κ1) is 10.2. The van der Waals surface area contributed by atoms with Gasteiger partial charge in [-0.15, -0.1) is 11.3 Å². The number of aryl methyl sites for hydroxylation is 1. The highest BCUT2D eigenvalue weighted by Crippen LogP contribution is 2.30. The lowest BCUT2D eigenvalue weighted by Crippen LogP contribution is -1.89. The summed E-state index contributed by atoms with van der Waals surface area (Å²) in [6.07, 6.45) is 0. The van der Waals surface area contributed by atoms with E-state index >= 15 is 0 Å². The Hall–Kier alpha value is -0.970. The zero-order valence-electron chi connectivity index (χ0n) is 8.40. The molecule has 0 radical (unpaired) electrons. The van der Waals surface area contributed by atoms with E-state index in [9.17, 15) is 0 Å². The molecule has 0 N–H and O–H groups in total. The van der Waals surface area contributed by atoms with E-state index in [1.165, 1.54) is 5.56 Å². The van der Waals surface area contributed by atoms with E-state index in [2.05, 4.69) is 27.7 Å². The molecule has 0 unspecified atom stereocenters. The molecule has 0 bridgehead atoms. The van der Waals surface area contributed by atoms with Crippen LogP contribution in [0.4, 0.5) is 0 Å². The van der Waals surface area contributed by atoms with Gasteiger partial charge in [-0.2, -0.15) is 11.3 Å². The molecule has 0 saturated heterocycles. The van der Waals surface area contributed by atoms with Gasteiger partial charge in [0, 0.05) is 16.3 Å². The van der Waals surface area contributed by atoms with Crippen molar-refractivity contribution in [3.05, 3.63) is 32.9 Å². The molecule has 0 aliphatic carbocycles. The molecule has 0 spiro atoms. The zero-order chi connectivity index (χ0) is 11.1. The summed E-state index contributed by atoms with van der Waals surface area (Å²) in [7, 11) is 0. The van der Waals surface area contributed by atoms with Gasteiger partial charge in [0.15, 0.2) is 5.82 Å². The van der Waals surface area contributed by atoms with E-state index in [1.807, 2.05) is 11.4 Å². The summed E-state index contributed by atoms with van der Waals surface area (Å²) in [4.78, 5) is 9.82. The van der Waals surface area contributed by atoms with Crippen LogP contribution in [0.25, 0.3) is 21.6 Å². The first-order valence-corrected chi connectivity index (χ1v) is 6.89. The van der Waals surface area contributed by atoms with Crippen molar-refractivity contribution in [1.29, 1.82) is 0 Å². The predicted molar refractivity (Wildman–Crippen MR) is 70.5 cm³/mol. The third kappa shape index (κ3) is 1.54. The minimum absolute atomic E-state index is 0.534. The van der Waals surface area contributed by atoms with Crippen molar-refractivity contribution in [2.75, 3.05) is 0 Å². The summed E-state index contributed by atoms with van der Waals surface area (Å²) in [5, 5.41) is 7.59. The normalized spacial score (nSPS) is 11.1. The number of nitrogens with zero attached hydrogens (tertiary/aromatic N) is 2. The smallest absolute Gasteiger partial charge is 0.163 e. The molecule has 0 fully saturated rings. The van der Waals surface area contributed by atoms with Crippen LogP contribution in [0.3, 0.4) is 0 Å². The molecule has 0 aliphatic rings. The highest BCUT2D eigenvalue weighted by molar-refractivity contribution is 7.16. The van der Waals surface area contributed by atoms with E-state index in [0.717, 1.165) is 21.6 Å². The number of halogens is 1. The van der Waals surface area contributed by atoms with Gasteiger partial charge < -0.3 is 0 Å². The fourth-order valence-electron chi connectivity index (χ4n) is 1.53. The molecule has 0 aliphatic heterocycles. The van der Waals surface area contributed by atoms with Crippen LogP contribution >= 0.6 is 34.3 Å². The Balaban J connectivity index is 2.29. The molecule has 0 amide bonds. The maximum absolute atomic E-state index is 6.13. The van der Waals surface area contributed by atoms with Crippen LogP contribution in [0.1, 0.15) is 5.56 Å². The molecule has 2 nitrogen and oxygen atoms in total. The van der Waals surface area contributed by atoms with E-state index in [1.54, 1.807) is 22.7 Å². The molecular formula is C11H7ClN2S2. The highest BCUT2D eigenvalue weighted by Gasteiger charge is 2.10. The summed E-state index contributed by atoms with van der Waals surface area (Å²) >= 11 is 9.37. The third-order valence-corrected chi connectivity index (χ3v) is 4.33. The van der Waals surface area contributed by atoms with Crippen molar-refractivity contribution in [2.45, 2.75) is 6.92 Å². The number of rotatable bonds is 1. The standard InChI is InChI=1S/C11H7ClN2S2/c1-6-4-15-5-8(6)10-13-9(12)7-2-3-16-11(7)14-10/h2-5H,1H3. The predicted octanol–water partition coefficient (Wildman–Crippen LogP) is 4.38. The van der Waals surface area contributed by atoms with Crippen LogP contribution in [-0.2, 0) is 0 Å². The average molecular weight is 267 g/mol. The Morgan fingerprint density at radius 2 is 2.12 bits per heavy atom. The summed E-state index contributed by atoms with van der Waals surface area (Å²) in [6, 6.07) is 1.95. The Kier molecular flexibility index (Phi) is 2.42. The van der Waals surface area contributed by atoms with Crippen molar-refractivity contribution in [1.82, 2.24) is 9.97 Å². The molecule has 3 aromatic rings. The van der Waals surface area contributed by atoms with Crippen molar-refractivity contribution in [3.8, 4) is 11.4 Å². The van der Waals surface area contributed by atoms with Crippen LogP contribution in [0.15, 0.2) is 22.2 Å². The van der Waals surface area contributed by atoms with E-state index in [0.29, 0.717) is 5.15 Å². The molecule has 16 heavy (non-hydrogen) atoms. The van der Waals surface area contributed by atoms with Gasteiger partial charge in [0.25, 0.3) is 0 Å². The van der Waals surface area contributed by atoms with E-state index in [4.69, 9.17) is 11.6 Å². The summed E-state index contributed by atoms with van der Waals surface area (Å²) < 4.78 is 0. The lowest BCUT2D eigenvalue weighted by atomic mass is 10.2. The van der Waals surface area contributed by atoms with E-state index in [-0.39, 0.29) is 0 Å². The van der Waals surface area contributed by atoms with E-state index < -0.39 is 0 Å². The van der Waals surface area contributed by atoms with Gasteiger partial charge >= 0.3 is 0 Å². The highest BCUT2D eigenvalue weighted by atomic mass is 35.5. The molecule has 0 aromatic carbocycles. The lowest BCUT2D eigenvalue weighted by molar-refractivity contribution is 1.23. The van der Waals surface area contributed by atoms with Crippen molar-refractivity contribution in [3.63, 3.8) is 0 Å². The number of aromatic nitrogens is 2. The van der Waals surface area contributed by atoms with Crippen LogP contribution in [-0.4, -0.2) is 9.97 Å². The van der Waals surface area contributed by atoms with Gasteiger partial charge in [0.1, 0.15) is 9.98 Å². The second kappa shape index (κ2) is 3.80. The number of hydrogen-bond donors (Lipinski definition) is 0. The first-order valence-electron chi connectivity index (χ1n) is 4.69. The maximum Gasteiger partial charge on any atom is 0.163 e. The largest absolute Gasteiger partial charge is 0.217 e. The summed E-state index contributed by atoms with van der Waals surface area (Å²) in [5.74, 6) is 0.721. The van der Waals surface area contributed by atoms with Crippen LogP contribution in [0.2, 0.25) is 5.15 Å². The van der Waals surface area contributed by atoms with Gasteiger partial charge in [-0.3, -0.25) is 0 Å². The van der Waals surface area contributed by atoms with Gasteiger partial charge in [-0.05, 0) is 29.3 Å². The second-order valence-electron chi connectivity index (χ2n) is 3.45. The third-order valence-electron chi connectivity index (χ3n) is 2.38. The molecule has 0 saturated carbocycles. The maximum atomic E-state index is 6.13. The van der Waals surface area contributed by atoms with Crippen molar-refractivity contribution in [2.24, 2.45) is 0 Å². The Morgan fingerprint density at radius 3 is 2.88 bits per heavy atom. The van der Waals surface area contributed by atoms with Crippen LogP contribution in [0.5, 0.6) is 0 Å². The Morgan fingerprint density at radius 1 is 1.25 bits per heavy atom. The quantitative estimate of drug-likeness (QED) is 0.611. The van der Waals surface area contributed by atoms with Gasteiger partial charge in [0.2, 0.25) is 0 Å². The minimum atomic E-state index is 0.534. The summed E-state index contributed by atoms with van der Waals surface area (Å²) in [6.45, 7) is 2.06. The molecule has 0 atom stereocenters. The van der Waals surface area contributed by atoms with Crippen LogP contribution < -0.4 is 0 Å². The Labute approximate surface area is 106 Å². The average Bonchev–Trinajstić information content (AvgIpc) is 2.85. The van der Waals surface area contributed by atoms with Crippen molar-refractivity contribution >= 4 is 44.5 Å². The first-order chi connectivity index (χ1) is 7.75. The number of thiophene rings is 2. The molecule has 5 heteroatoms. The fraction of sp³-hybridized carbons (Fsp3) is 0.0909. The molecule has 3 aromatic heterocycles. The van der Waals surface area contributed by atoms with Crippen molar-refractivity contribution < 1.29 is 0 Å². The summed E-state index contributed by atoms with van der Waals surface area (Å²) in [5.41, 5.74) is 2.26. The SMILES string of the molecule is Cc1cscc1-c1nc(Cl)c2ccsc2n1. The molecule has 3 heterocycles. The van der Waals surface area contributed by atoms with Gasteiger partial charge in [-0.1, -0.05) is 11.6 Å². The number of fused-ring (bicyclic) bond motifs is 1. The molecular weight excluding hydrogens is 260 g/mol. The zero-order valence-corrected chi connectivity index (χ0v) is 10.8. The second-order valence-corrected chi connectivity index (χ2v) is 5.44. The monoisotopic (exact) mass is 266 g/mol. The molecule has 3 rings (SSSR count). The lowest BCUT2D eigenvalue weighted by Gasteiger charge is -2.00. The number of hydrogen-bond acceptors (Lipinski definition) is 4. The molecule has 80 valence electrons. The van der Waals surface area contributed by atoms with Gasteiger partial charge in [0.05, 0.1) is 0 Å². The topological polar surface area (TPSA) is 25.8 Å². The minimum Gasteiger partial charge on any atom is -0.217 e. The fourth-order valence-corrected chi connectivity index (χ4v) is 3.41. The Bertz CT molecular complexity index is 657.